The zero-order valence-corrected chi connectivity index (χ0v) is 16.6. The monoisotopic (exact) mass is 372 g/mol. The van der Waals surface area contributed by atoms with Crippen molar-refractivity contribution in [3.8, 4) is 5.75 Å². The molecule has 0 spiro atoms. The molecule has 1 atom stereocenters. The predicted molar refractivity (Wildman–Crippen MR) is 108 cm³/mol. The molecule has 1 aromatic rings. The van der Waals surface area contributed by atoms with Crippen molar-refractivity contribution in [3.05, 3.63) is 29.3 Å². The normalized spacial score (nSPS) is 19.4. The van der Waals surface area contributed by atoms with Gasteiger partial charge in [-0.25, -0.2) is 0 Å². The molecule has 0 radical (unpaired) electrons. The van der Waals surface area contributed by atoms with E-state index in [0.717, 1.165) is 57.1 Å². The van der Waals surface area contributed by atoms with Gasteiger partial charge in [-0.1, -0.05) is 12.1 Å². The molecular weight excluding hydrogens is 340 g/mol. The van der Waals surface area contributed by atoms with Crippen LogP contribution in [0.4, 0.5) is 0 Å². The van der Waals surface area contributed by atoms with Crippen LogP contribution in [0, 0.1) is 0 Å². The summed E-state index contributed by atoms with van der Waals surface area (Å²) in [5.74, 6) is 2.02. The number of hydrogen-bond acceptors (Lipinski definition) is 3. The Kier molecular flexibility index (Phi) is 6.96. The second-order valence-electron chi connectivity index (χ2n) is 7.40. The number of likely N-dealkylation sites (tertiary alicyclic amines) is 1. The largest absolute Gasteiger partial charge is 0.493 e. The second-order valence-corrected chi connectivity index (χ2v) is 7.40. The molecule has 2 aliphatic rings. The summed E-state index contributed by atoms with van der Waals surface area (Å²) in [5.41, 5.74) is 2.61. The summed E-state index contributed by atoms with van der Waals surface area (Å²) in [7, 11) is 1.76. The van der Waals surface area contributed by atoms with Gasteiger partial charge in [0.15, 0.2) is 5.96 Å². The van der Waals surface area contributed by atoms with Crippen molar-refractivity contribution in [2.24, 2.45) is 4.99 Å². The van der Waals surface area contributed by atoms with Gasteiger partial charge >= 0.3 is 0 Å². The number of carbonyl (C=O) groups excluding carboxylic acids is 1. The number of nitrogens with zero attached hydrogens (tertiary/aromatic N) is 2. The number of guanidine groups is 1. The van der Waals surface area contributed by atoms with E-state index in [4.69, 9.17) is 4.74 Å². The van der Waals surface area contributed by atoms with E-state index in [0.29, 0.717) is 19.0 Å². The quantitative estimate of drug-likeness (QED) is 0.593. The average molecular weight is 373 g/mol. The summed E-state index contributed by atoms with van der Waals surface area (Å²) in [4.78, 5) is 18.7. The van der Waals surface area contributed by atoms with E-state index in [2.05, 4.69) is 40.7 Å². The molecule has 0 aromatic heterocycles. The van der Waals surface area contributed by atoms with Crippen molar-refractivity contribution in [2.45, 2.75) is 51.5 Å². The zero-order chi connectivity index (χ0) is 19.1. The van der Waals surface area contributed by atoms with Crippen molar-refractivity contribution in [1.29, 1.82) is 0 Å². The number of rotatable bonds is 6. The molecule has 1 unspecified atom stereocenters. The number of hydrogen-bond donors (Lipinski definition) is 2. The molecule has 27 heavy (non-hydrogen) atoms. The zero-order valence-electron chi connectivity index (χ0n) is 16.6. The standard InChI is InChI=1S/C21H32N4O2/c1-16-5-3-4-13-25(16)20(26)9-12-24-21(22-2)23-11-8-17-6-7-19-18(15-17)10-14-27-19/h6-7,15-16H,3-5,8-14H2,1-2H3,(H2,22,23,24). The van der Waals surface area contributed by atoms with Gasteiger partial charge in [0.2, 0.25) is 5.91 Å². The SMILES string of the molecule is CN=C(NCCC(=O)N1CCCCC1C)NCCc1ccc2c(c1)CCO2. The number of nitrogens with one attached hydrogen (secondary N) is 2. The molecule has 1 fully saturated rings. The van der Waals surface area contributed by atoms with Crippen LogP contribution in [0.2, 0.25) is 0 Å². The molecule has 0 aliphatic carbocycles. The highest BCUT2D eigenvalue weighted by atomic mass is 16.5. The summed E-state index contributed by atoms with van der Waals surface area (Å²) in [6.45, 7) is 5.26. The van der Waals surface area contributed by atoms with E-state index < -0.39 is 0 Å². The van der Waals surface area contributed by atoms with Crippen molar-refractivity contribution in [1.82, 2.24) is 15.5 Å². The minimum absolute atomic E-state index is 0.241. The Balaban J connectivity index is 1.36. The average Bonchev–Trinajstić information content (AvgIpc) is 3.15. The van der Waals surface area contributed by atoms with Crippen LogP contribution in [0.15, 0.2) is 23.2 Å². The Hall–Kier alpha value is -2.24. The number of carbonyl (C=O) groups is 1. The van der Waals surface area contributed by atoms with Gasteiger partial charge in [0, 0.05) is 45.6 Å². The maximum atomic E-state index is 12.4. The topological polar surface area (TPSA) is 66.0 Å². The molecule has 2 aliphatic heterocycles. The number of fused-ring (bicyclic) bond motifs is 1. The van der Waals surface area contributed by atoms with Crippen LogP contribution in [0.1, 0.15) is 43.7 Å². The lowest BCUT2D eigenvalue weighted by Gasteiger charge is -2.33. The van der Waals surface area contributed by atoms with Gasteiger partial charge in [0.25, 0.3) is 0 Å². The highest BCUT2D eigenvalue weighted by Crippen LogP contribution is 2.25. The van der Waals surface area contributed by atoms with Crippen molar-refractivity contribution >= 4 is 11.9 Å². The number of benzene rings is 1. The molecule has 1 amide bonds. The van der Waals surface area contributed by atoms with Crippen LogP contribution < -0.4 is 15.4 Å². The highest BCUT2D eigenvalue weighted by Gasteiger charge is 2.22. The molecular formula is C21H32N4O2. The fourth-order valence-electron chi connectivity index (χ4n) is 3.84. The Morgan fingerprint density at radius 1 is 1.30 bits per heavy atom. The summed E-state index contributed by atoms with van der Waals surface area (Å²) < 4.78 is 5.55. The van der Waals surface area contributed by atoms with Crippen LogP contribution in [-0.4, -0.2) is 56.1 Å². The molecule has 3 rings (SSSR count). The third-order valence-corrected chi connectivity index (χ3v) is 5.44. The first-order valence-corrected chi connectivity index (χ1v) is 10.2. The smallest absolute Gasteiger partial charge is 0.224 e. The summed E-state index contributed by atoms with van der Waals surface area (Å²) in [6, 6.07) is 6.80. The number of piperidine rings is 1. The minimum Gasteiger partial charge on any atom is -0.493 e. The van der Waals surface area contributed by atoms with Gasteiger partial charge < -0.3 is 20.3 Å². The highest BCUT2D eigenvalue weighted by molar-refractivity contribution is 5.81. The predicted octanol–water partition coefficient (Wildman–Crippen LogP) is 2.12. The van der Waals surface area contributed by atoms with E-state index in [9.17, 15) is 4.79 Å². The third kappa shape index (κ3) is 5.37. The molecule has 6 nitrogen and oxygen atoms in total. The first-order valence-electron chi connectivity index (χ1n) is 10.2. The van der Waals surface area contributed by atoms with Crippen LogP contribution in [0.3, 0.4) is 0 Å². The fraction of sp³-hybridized carbons (Fsp3) is 0.619. The summed E-state index contributed by atoms with van der Waals surface area (Å²) in [5, 5.41) is 6.58. The molecule has 1 aromatic carbocycles. The first kappa shape index (κ1) is 19.5. The lowest BCUT2D eigenvalue weighted by molar-refractivity contribution is -0.134. The minimum atomic E-state index is 0.241. The Bertz CT molecular complexity index is 674. The van der Waals surface area contributed by atoms with E-state index in [1.807, 2.05) is 4.90 Å². The van der Waals surface area contributed by atoms with E-state index in [-0.39, 0.29) is 5.91 Å². The lowest BCUT2D eigenvalue weighted by atomic mass is 10.0. The van der Waals surface area contributed by atoms with Gasteiger partial charge in [0.1, 0.15) is 5.75 Å². The van der Waals surface area contributed by atoms with Gasteiger partial charge in [-0.05, 0) is 49.8 Å². The van der Waals surface area contributed by atoms with Crippen LogP contribution in [0.5, 0.6) is 5.75 Å². The summed E-state index contributed by atoms with van der Waals surface area (Å²) >= 11 is 0. The lowest BCUT2D eigenvalue weighted by Crippen LogP contribution is -2.44. The third-order valence-electron chi connectivity index (χ3n) is 5.44. The van der Waals surface area contributed by atoms with Crippen LogP contribution in [0.25, 0.3) is 0 Å². The maximum Gasteiger partial charge on any atom is 0.224 e. The second kappa shape index (κ2) is 9.62. The number of amides is 1. The molecule has 0 bridgehead atoms. The summed E-state index contributed by atoms with van der Waals surface area (Å²) in [6.07, 6.45) is 5.92. The van der Waals surface area contributed by atoms with Crippen LogP contribution >= 0.6 is 0 Å². The molecule has 1 saturated heterocycles. The Morgan fingerprint density at radius 3 is 2.96 bits per heavy atom. The molecule has 148 valence electrons. The molecule has 2 heterocycles. The van der Waals surface area contributed by atoms with Gasteiger partial charge in [-0.2, -0.15) is 0 Å². The van der Waals surface area contributed by atoms with Gasteiger partial charge in [0.05, 0.1) is 6.61 Å². The van der Waals surface area contributed by atoms with Gasteiger partial charge in [-0.15, -0.1) is 0 Å². The molecule has 6 heteroatoms. The van der Waals surface area contributed by atoms with Crippen molar-refractivity contribution in [2.75, 3.05) is 33.3 Å². The van der Waals surface area contributed by atoms with E-state index in [1.165, 1.54) is 17.5 Å². The van der Waals surface area contributed by atoms with Crippen molar-refractivity contribution in [3.63, 3.8) is 0 Å². The van der Waals surface area contributed by atoms with E-state index >= 15 is 0 Å². The Morgan fingerprint density at radius 2 is 2.15 bits per heavy atom. The van der Waals surface area contributed by atoms with Crippen molar-refractivity contribution < 1.29 is 9.53 Å². The number of aliphatic imine (C=N–C) groups is 1. The fourth-order valence-corrected chi connectivity index (χ4v) is 3.84. The first-order chi connectivity index (χ1) is 13.2. The van der Waals surface area contributed by atoms with Gasteiger partial charge in [-0.3, -0.25) is 9.79 Å². The Labute approximate surface area is 162 Å². The molecule has 2 N–H and O–H groups in total. The maximum absolute atomic E-state index is 12.4. The number of ether oxygens (including phenoxy) is 1. The van der Waals surface area contributed by atoms with Crippen LogP contribution in [-0.2, 0) is 17.6 Å². The van der Waals surface area contributed by atoms with E-state index in [1.54, 1.807) is 7.05 Å². The molecule has 0 saturated carbocycles.